The Kier molecular flexibility index (Phi) is 9.08. The zero-order valence-electron chi connectivity index (χ0n) is 24.5. The Morgan fingerprint density at radius 3 is 2.11 bits per heavy atom. The normalized spacial score (nSPS) is 17.4. The fourth-order valence-corrected chi connectivity index (χ4v) is 8.19. The van der Waals surface area contributed by atoms with Crippen molar-refractivity contribution in [3.8, 4) is 0 Å². The number of fused-ring (bicyclic) bond motifs is 3. The van der Waals surface area contributed by atoms with Gasteiger partial charge in [-0.15, -0.1) is 5.06 Å². The SMILES string of the molecule is CC(C)([N+]1=CCc2c1ccc1c(S(=O)(=O)O)cc(S(=O)(=O)O)cc21)C(C)(CCCCCC(=O)ON1C(=O)CCC1=O)S(=O)(=O)[O-]. The molecule has 1 unspecified atom stereocenters. The molecule has 0 spiro atoms. The van der Waals surface area contributed by atoms with Crippen LogP contribution in [-0.2, 0) is 56.0 Å². The number of carbonyl (C=O) groups excluding carboxylic acids is 3. The first-order valence-corrected chi connectivity index (χ1v) is 18.1. The van der Waals surface area contributed by atoms with Crippen LogP contribution in [0.5, 0.6) is 0 Å². The average molecular weight is 689 g/mol. The Balaban J connectivity index is 1.59. The van der Waals surface area contributed by atoms with Crippen LogP contribution in [0.25, 0.3) is 10.8 Å². The van der Waals surface area contributed by atoms with Crippen LogP contribution in [0.1, 0.15) is 71.3 Å². The van der Waals surface area contributed by atoms with E-state index in [-0.39, 0.29) is 55.7 Å². The number of benzene rings is 2. The molecular formula is C27H32N2O13S3. The molecule has 0 saturated carbocycles. The zero-order chi connectivity index (χ0) is 33.8. The lowest BCUT2D eigenvalue weighted by atomic mass is 9.82. The van der Waals surface area contributed by atoms with E-state index < -0.39 is 68.2 Å². The van der Waals surface area contributed by atoms with Gasteiger partial charge in [0.2, 0.25) is 5.69 Å². The second-order valence-corrected chi connectivity index (χ2v) is 16.3. The topological polar surface area (TPSA) is 233 Å². The largest absolute Gasteiger partial charge is 0.747 e. The summed E-state index contributed by atoms with van der Waals surface area (Å²) in [4.78, 5) is 38.6. The summed E-state index contributed by atoms with van der Waals surface area (Å²) in [6, 6.07) is 4.45. The summed E-state index contributed by atoms with van der Waals surface area (Å²) >= 11 is 0. The maximum absolute atomic E-state index is 12.8. The maximum atomic E-state index is 12.8. The third-order valence-electron chi connectivity index (χ3n) is 8.65. The van der Waals surface area contributed by atoms with E-state index in [1.54, 1.807) is 10.8 Å². The summed E-state index contributed by atoms with van der Waals surface area (Å²) < 4.78 is 105. The third-order valence-corrected chi connectivity index (χ3v) is 12.2. The summed E-state index contributed by atoms with van der Waals surface area (Å²) in [6.07, 6.45) is 2.00. The summed E-state index contributed by atoms with van der Waals surface area (Å²) in [5, 5.41) is 0.473. The first kappa shape index (κ1) is 34.6. The molecule has 0 aliphatic carbocycles. The first-order valence-electron chi connectivity index (χ1n) is 13.8. The van der Waals surface area contributed by atoms with Crippen LogP contribution in [0.2, 0.25) is 0 Å². The van der Waals surface area contributed by atoms with Crippen LogP contribution in [-0.4, -0.2) is 82.8 Å². The molecule has 2 aromatic rings. The number of amides is 2. The van der Waals surface area contributed by atoms with Gasteiger partial charge < -0.3 is 9.39 Å². The summed E-state index contributed by atoms with van der Waals surface area (Å²) in [7, 11) is -14.8. The quantitative estimate of drug-likeness (QED) is 0.141. The van der Waals surface area contributed by atoms with E-state index in [1.165, 1.54) is 32.9 Å². The standard InChI is InChI=1S/C27H32N2O13S3/c1-26(2,27(3,45(39,40)41)13-6-4-5-7-25(32)42-29-23(30)10-11-24(29)31)28-14-12-18-20-15-17(43(33,34)35)16-22(44(36,37)38)19(20)8-9-21(18)28/h8-9,14-16H,4-7,10-13H2,1-3H3,(H2-,33,34,35,36,37,38,39,40,41). The fourth-order valence-electron chi connectivity index (χ4n) is 5.74. The molecule has 1 saturated heterocycles. The minimum atomic E-state index is -5.00. The highest BCUT2D eigenvalue weighted by Gasteiger charge is 2.55. The Hall–Kier alpha value is -3.29. The number of nitrogens with zero attached hydrogens (tertiary/aromatic N) is 2. The highest BCUT2D eigenvalue weighted by Crippen LogP contribution is 2.44. The van der Waals surface area contributed by atoms with Crippen molar-refractivity contribution in [1.82, 2.24) is 5.06 Å². The molecule has 2 aliphatic rings. The maximum Gasteiger partial charge on any atom is 0.333 e. The molecule has 2 heterocycles. The number of carbonyl (C=O) groups is 3. The predicted molar refractivity (Wildman–Crippen MR) is 156 cm³/mol. The van der Waals surface area contributed by atoms with Gasteiger partial charge in [-0.1, -0.05) is 12.8 Å². The summed E-state index contributed by atoms with van der Waals surface area (Å²) in [5.74, 6) is -2.03. The van der Waals surface area contributed by atoms with E-state index >= 15 is 0 Å². The van der Waals surface area contributed by atoms with Crippen molar-refractivity contribution in [3.63, 3.8) is 0 Å². The number of hydrogen-bond acceptors (Lipinski definition) is 11. The van der Waals surface area contributed by atoms with Crippen LogP contribution < -0.4 is 0 Å². The minimum Gasteiger partial charge on any atom is -0.747 e. The molecule has 2 N–H and O–H groups in total. The Labute approximate surface area is 260 Å². The van der Waals surface area contributed by atoms with Crippen molar-refractivity contribution in [1.29, 1.82) is 0 Å². The van der Waals surface area contributed by atoms with Crippen molar-refractivity contribution in [2.24, 2.45) is 0 Å². The molecule has 2 amide bonds. The van der Waals surface area contributed by atoms with Gasteiger partial charge in [-0.3, -0.25) is 18.7 Å². The molecule has 0 bridgehead atoms. The lowest BCUT2D eigenvalue weighted by Gasteiger charge is -2.42. The second-order valence-electron chi connectivity index (χ2n) is 11.6. The van der Waals surface area contributed by atoms with Gasteiger partial charge in [0, 0.05) is 50.1 Å². The Bertz CT molecular complexity index is 1950. The molecule has 2 aromatic carbocycles. The molecule has 0 radical (unpaired) electrons. The Morgan fingerprint density at radius 1 is 0.933 bits per heavy atom. The lowest BCUT2D eigenvalue weighted by Crippen LogP contribution is -2.58. The average Bonchev–Trinajstić information content (AvgIpc) is 3.50. The van der Waals surface area contributed by atoms with Crippen LogP contribution >= 0.6 is 0 Å². The molecule has 1 fully saturated rings. The van der Waals surface area contributed by atoms with E-state index in [9.17, 15) is 53.3 Å². The molecule has 1 atom stereocenters. The number of imide groups is 1. The van der Waals surface area contributed by atoms with Crippen LogP contribution in [0, 0.1) is 0 Å². The number of unbranched alkanes of at least 4 members (excludes halogenated alkanes) is 2. The van der Waals surface area contributed by atoms with Crippen molar-refractivity contribution in [2.75, 3.05) is 0 Å². The van der Waals surface area contributed by atoms with Gasteiger partial charge in [0.05, 0.1) is 11.3 Å². The molecule has 0 aromatic heterocycles. The smallest absolute Gasteiger partial charge is 0.333 e. The van der Waals surface area contributed by atoms with Crippen LogP contribution in [0.4, 0.5) is 5.69 Å². The monoisotopic (exact) mass is 688 g/mol. The van der Waals surface area contributed by atoms with E-state index in [4.69, 9.17) is 4.84 Å². The highest BCUT2D eigenvalue weighted by atomic mass is 32.2. The van der Waals surface area contributed by atoms with Crippen LogP contribution in [0.15, 0.2) is 34.1 Å². The molecule has 18 heteroatoms. The van der Waals surface area contributed by atoms with Gasteiger partial charge in [0.1, 0.15) is 19.8 Å². The number of hydrogen-bond donors (Lipinski definition) is 2. The number of rotatable bonds is 12. The Morgan fingerprint density at radius 2 is 1.56 bits per heavy atom. The number of hydroxylamine groups is 2. The van der Waals surface area contributed by atoms with Crippen LogP contribution in [0.3, 0.4) is 0 Å². The van der Waals surface area contributed by atoms with E-state index in [2.05, 4.69) is 0 Å². The van der Waals surface area contributed by atoms with Gasteiger partial charge in [0.25, 0.3) is 32.1 Å². The molecule has 45 heavy (non-hydrogen) atoms. The summed E-state index contributed by atoms with van der Waals surface area (Å²) in [6.45, 7) is 4.38. The third kappa shape index (κ3) is 6.52. The van der Waals surface area contributed by atoms with Crippen molar-refractivity contribution in [2.45, 2.75) is 92.2 Å². The van der Waals surface area contributed by atoms with Gasteiger partial charge >= 0.3 is 5.97 Å². The zero-order valence-corrected chi connectivity index (χ0v) is 27.0. The van der Waals surface area contributed by atoms with E-state index in [0.29, 0.717) is 28.8 Å². The molecule has 4 rings (SSSR count). The highest BCUT2D eigenvalue weighted by molar-refractivity contribution is 7.87. The molecule has 2 aliphatic heterocycles. The fraction of sp³-hybridized carbons (Fsp3) is 0.481. The van der Waals surface area contributed by atoms with E-state index in [0.717, 1.165) is 6.07 Å². The molecular weight excluding hydrogens is 656 g/mol. The van der Waals surface area contributed by atoms with Gasteiger partial charge in [0.15, 0.2) is 11.8 Å². The first-order chi connectivity index (χ1) is 20.6. The molecule has 15 nitrogen and oxygen atoms in total. The van der Waals surface area contributed by atoms with Gasteiger partial charge in [-0.05, 0) is 43.4 Å². The van der Waals surface area contributed by atoms with Crippen molar-refractivity contribution >= 4 is 70.8 Å². The predicted octanol–water partition coefficient (Wildman–Crippen LogP) is 2.24. The van der Waals surface area contributed by atoms with Crippen molar-refractivity contribution in [3.05, 3.63) is 29.8 Å². The minimum absolute atomic E-state index is 0.0343. The second kappa shape index (κ2) is 11.8. The lowest BCUT2D eigenvalue weighted by molar-refractivity contribution is -0.526. The van der Waals surface area contributed by atoms with E-state index in [1.807, 2.05) is 0 Å². The summed E-state index contributed by atoms with van der Waals surface area (Å²) in [5.41, 5.74) is -0.700. The molecule has 246 valence electrons. The van der Waals surface area contributed by atoms with Gasteiger partial charge in [-0.25, -0.2) is 13.2 Å². The van der Waals surface area contributed by atoms with Gasteiger partial charge in [-0.2, -0.15) is 21.4 Å². The van der Waals surface area contributed by atoms with Crippen molar-refractivity contribution < 1.29 is 62.7 Å².